The summed E-state index contributed by atoms with van der Waals surface area (Å²) in [6, 6.07) is 0. The highest BCUT2D eigenvalue weighted by Crippen LogP contribution is 2.03. The predicted octanol–water partition coefficient (Wildman–Crippen LogP) is 0.951. The number of thiazole rings is 1. The first kappa shape index (κ1) is 14.6. The summed E-state index contributed by atoms with van der Waals surface area (Å²) in [5.41, 5.74) is 2.45. The number of nitrogens with zero attached hydrogens (tertiary/aromatic N) is 1. The fraction of sp³-hybridized carbons (Fsp3) is 0.700. The van der Waals surface area contributed by atoms with Crippen molar-refractivity contribution < 1.29 is 8.42 Å². The van der Waals surface area contributed by atoms with Gasteiger partial charge in [0, 0.05) is 11.9 Å². The van der Waals surface area contributed by atoms with Gasteiger partial charge in [-0.2, -0.15) is 0 Å². The van der Waals surface area contributed by atoms with Crippen LogP contribution in [0, 0.1) is 0 Å². The molecule has 0 saturated heterocycles. The van der Waals surface area contributed by atoms with Crippen LogP contribution in [0.5, 0.6) is 0 Å². The first-order valence-corrected chi connectivity index (χ1v) is 8.11. The van der Waals surface area contributed by atoms with Gasteiger partial charge < -0.3 is 5.32 Å². The molecule has 0 amide bonds. The second-order valence-corrected chi connectivity index (χ2v) is 6.76. The van der Waals surface area contributed by atoms with E-state index < -0.39 is 15.3 Å². The summed E-state index contributed by atoms with van der Waals surface area (Å²) in [5, 5.41) is 4.50. The molecule has 98 valence electrons. The summed E-state index contributed by atoms with van der Waals surface area (Å²) in [7, 11) is -3.26. The molecule has 0 saturated carbocycles. The van der Waals surface area contributed by atoms with Crippen LogP contribution >= 0.6 is 11.3 Å². The van der Waals surface area contributed by atoms with E-state index in [1.165, 1.54) is 11.3 Å². The van der Waals surface area contributed by atoms with Crippen molar-refractivity contribution in [3.8, 4) is 0 Å². The average molecular weight is 277 g/mol. The van der Waals surface area contributed by atoms with E-state index in [-0.39, 0.29) is 6.54 Å². The second kappa shape index (κ2) is 7.05. The van der Waals surface area contributed by atoms with Gasteiger partial charge in [0.1, 0.15) is 0 Å². The maximum Gasteiger partial charge on any atom is 0.215 e. The molecule has 0 aromatic carbocycles. The van der Waals surface area contributed by atoms with Crippen LogP contribution in [0.1, 0.15) is 26.0 Å². The molecule has 0 spiro atoms. The molecule has 0 radical (unpaired) electrons. The zero-order chi connectivity index (χ0) is 12.7. The van der Waals surface area contributed by atoms with E-state index in [1.807, 2.05) is 12.3 Å². The molecule has 0 aliphatic rings. The Morgan fingerprint density at radius 3 is 2.88 bits per heavy atom. The van der Waals surface area contributed by atoms with Gasteiger partial charge in [-0.25, -0.2) is 18.1 Å². The van der Waals surface area contributed by atoms with E-state index in [0.717, 1.165) is 18.7 Å². The average Bonchev–Trinajstić information content (AvgIpc) is 2.79. The fourth-order valence-electron chi connectivity index (χ4n) is 1.23. The summed E-state index contributed by atoms with van der Waals surface area (Å²) in [4.78, 5) is 4.03. The molecule has 1 aromatic rings. The van der Waals surface area contributed by atoms with Gasteiger partial charge in [-0.1, -0.05) is 6.92 Å². The van der Waals surface area contributed by atoms with Gasteiger partial charge in [0.2, 0.25) is 10.0 Å². The van der Waals surface area contributed by atoms with Gasteiger partial charge in [-0.3, -0.25) is 0 Å². The van der Waals surface area contributed by atoms with Gasteiger partial charge in [0.05, 0.1) is 23.0 Å². The van der Waals surface area contributed by atoms with Gasteiger partial charge in [0.15, 0.2) is 0 Å². The molecule has 0 aliphatic heterocycles. The Morgan fingerprint density at radius 2 is 2.29 bits per heavy atom. The maximum atomic E-state index is 11.8. The van der Waals surface area contributed by atoms with E-state index in [4.69, 9.17) is 0 Å². The molecule has 5 nitrogen and oxygen atoms in total. The largest absolute Gasteiger partial charge is 0.315 e. The highest BCUT2D eigenvalue weighted by molar-refractivity contribution is 7.90. The lowest BCUT2D eigenvalue weighted by molar-refractivity contribution is 0.556. The van der Waals surface area contributed by atoms with Crippen molar-refractivity contribution in [1.82, 2.24) is 15.0 Å². The van der Waals surface area contributed by atoms with Crippen LogP contribution in [-0.4, -0.2) is 31.7 Å². The molecule has 1 aromatic heterocycles. The number of rotatable bonds is 8. The molecule has 2 N–H and O–H groups in total. The summed E-state index contributed by atoms with van der Waals surface area (Å²) in [6.07, 6.45) is 0.999. The first-order valence-electron chi connectivity index (χ1n) is 5.62. The minimum atomic E-state index is -3.26. The number of hydrogen-bond donors (Lipinski definition) is 2. The fourth-order valence-corrected chi connectivity index (χ4v) is 2.76. The number of sulfonamides is 1. The lowest BCUT2D eigenvalue weighted by atomic mass is 10.4. The molecule has 1 atom stereocenters. The van der Waals surface area contributed by atoms with Crippen LogP contribution in [0.15, 0.2) is 10.9 Å². The normalized spacial score (nSPS) is 13.8. The predicted molar refractivity (Wildman–Crippen MR) is 70.5 cm³/mol. The minimum Gasteiger partial charge on any atom is -0.315 e. The molecule has 0 bridgehead atoms. The van der Waals surface area contributed by atoms with Crippen LogP contribution in [0.2, 0.25) is 0 Å². The van der Waals surface area contributed by atoms with Crippen LogP contribution < -0.4 is 10.0 Å². The quantitative estimate of drug-likeness (QED) is 0.694. The Morgan fingerprint density at radius 1 is 1.53 bits per heavy atom. The number of hydrogen-bond acceptors (Lipinski definition) is 5. The SMILES string of the molecule is CCCNCC(C)S(=O)(=O)NCc1cscn1. The molecular formula is C10H19N3O2S2. The number of nitrogens with one attached hydrogen (secondary N) is 2. The zero-order valence-corrected chi connectivity index (χ0v) is 11.8. The van der Waals surface area contributed by atoms with E-state index in [0.29, 0.717) is 6.54 Å². The third-order valence-electron chi connectivity index (χ3n) is 2.33. The van der Waals surface area contributed by atoms with E-state index >= 15 is 0 Å². The molecule has 1 unspecified atom stereocenters. The molecule has 0 aliphatic carbocycles. The standard InChI is InChI=1S/C10H19N3O2S2/c1-3-4-11-5-9(2)17(14,15)13-6-10-7-16-8-12-10/h7-9,11,13H,3-6H2,1-2H3. The summed E-state index contributed by atoms with van der Waals surface area (Å²) >= 11 is 1.46. The lowest BCUT2D eigenvalue weighted by Gasteiger charge is -2.13. The summed E-state index contributed by atoms with van der Waals surface area (Å²) < 4.78 is 26.3. The molecule has 17 heavy (non-hydrogen) atoms. The van der Waals surface area contributed by atoms with Crippen molar-refractivity contribution >= 4 is 21.4 Å². The van der Waals surface area contributed by atoms with Crippen molar-refractivity contribution in [3.63, 3.8) is 0 Å². The van der Waals surface area contributed by atoms with Gasteiger partial charge in [-0.15, -0.1) is 11.3 Å². The van der Waals surface area contributed by atoms with Crippen molar-refractivity contribution in [1.29, 1.82) is 0 Å². The van der Waals surface area contributed by atoms with Crippen molar-refractivity contribution in [2.45, 2.75) is 32.1 Å². The van der Waals surface area contributed by atoms with Gasteiger partial charge in [0.25, 0.3) is 0 Å². The highest BCUT2D eigenvalue weighted by Gasteiger charge is 2.19. The van der Waals surface area contributed by atoms with Crippen molar-refractivity contribution in [2.24, 2.45) is 0 Å². The van der Waals surface area contributed by atoms with Crippen LogP contribution in [-0.2, 0) is 16.6 Å². The zero-order valence-electron chi connectivity index (χ0n) is 10.1. The number of aromatic nitrogens is 1. The van der Waals surface area contributed by atoms with E-state index in [1.54, 1.807) is 12.4 Å². The Bertz CT molecular complexity index is 403. The first-order chi connectivity index (χ1) is 8.06. The smallest absolute Gasteiger partial charge is 0.215 e. The Kier molecular flexibility index (Phi) is 6.04. The minimum absolute atomic E-state index is 0.268. The molecule has 1 rings (SSSR count). The third-order valence-corrected chi connectivity index (χ3v) is 4.73. The Labute approximate surface area is 107 Å². The molecule has 0 fully saturated rings. The lowest BCUT2D eigenvalue weighted by Crippen LogP contribution is -2.38. The van der Waals surface area contributed by atoms with Gasteiger partial charge >= 0.3 is 0 Å². The van der Waals surface area contributed by atoms with Crippen molar-refractivity contribution in [3.05, 3.63) is 16.6 Å². The topological polar surface area (TPSA) is 71.1 Å². The van der Waals surface area contributed by atoms with E-state index in [2.05, 4.69) is 15.0 Å². The maximum absolute atomic E-state index is 11.8. The molecular weight excluding hydrogens is 258 g/mol. The van der Waals surface area contributed by atoms with Crippen LogP contribution in [0.25, 0.3) is 0 Å². The van der Waals surface area contributed by atoms with Crippen molar-refractivity contribution in [2.75, 3.05) is 13.1 Å². The Hall–Kier alpha value is -0.500. The van der Waals surface area contributed by atoms with Gasteiger partial charge in [-0.05, 0) is 19.9 Å². The molecule has 7 heteroatoms. The third kappa shape index (κ3) is 5.12. The summed E-state index contributed by atoms with van der Waals surface area (Å²) in [6.45, 7) is 5.33. The van der Waals surface area contributed by atoms with Crippen LogP contribution in [0.4, 0.5) is 0 Å². The van der Waals surface area contributed by atoms with E-state index in [9.17, 15) is 8.42 Å². The highest BCUT2D eigenvalue weighted by atomic mass is 32.2. The second-order valence-electron chi connectivity index (χ2n) is 3.86. The monoisotopic (exact) mass is 277 g/mol. The Balaban J connectivity index is 2.39. The molecule has 1 heterocycles. The summed E-state index contributed by atoms with van der Waals surface area (Å²) in [5.74, 6) is 0. The van der Waals surface area contributed by atoms with Crippen LogP contribution in [0.3, 0.4) is 0 Å².